The van der Waals surface area contributed by atoms with Gasteiger partial charge in [0, 0.05) is 13.1 Å². The molecule has 1 aromatic rings. The van der Waals surface area contributed by atoms with Gasteiger partial charge in [-0.25, -0.2) is 0 Å². The Hall–Kier alpha value is -0.920. The monoisotopic (exact) mass is 315 g/mol. The van der Waals surface area contributed by atoms with Crippen molar-refractivity contribution < 1.29 is 9.90 Å². The number of aliphatic hydroxyl groups is 1. The van der Waals surface area contributed by atoms with Crippen molar-refractivity contribution in [3.8, 4) is 0 Å². The minimum Gasteiger partial charge on any atom is -0.396 e. The normalized spacial score (nSPS) is 22.6. The predicted octanol–water partition coefficient (Wildman–Crippen LogP) is 2.13. The number of nitrogens with two attached hydrogens (primary N) is 1. The number of rotatable bonds is 4. The fourth-order valence-electron chi connectivity index (χ4n) is 2.41. The number of aliphatic hydroxyl groups excluding tert-OH is 1. The van der Waals surface area contributed by atoms with Gasteiger partial charge in [-0.3, -0.25) is 4.79 Å². The Morgan fingerprint density at radius 3 is 2.60 bits per heavy atom. The average molecular weight is 315 g/mol. The molecule has 2 rings (SSSR count). The highest BCUT2D eigenvalue weighted by Crippen LogP contribution is 2.42. The molecule has 112 valence electrons. The van der Waals surface area contributed by atoms with Crippen LogP contribution in [0.1, 0.15) is 35.4 Å². The van der Waals surface area contributed by atoms with Gasteiger partial charge in [-0.1, -0.05) is 0 Å². The van der Waals surface area contributed by atoms with Crippen molar-refractivity contribution in [3.05, 3.63) is 4.88 Å². The summed E-state index contributed by atoms with van der Waals surface area (Å²) in [4.78, 5) is 13.3. The number of hydrogen-bond acceptors (Lipinski definition) is 6. The Balaban J connectivity index is 2.16. The number of thiophene rings is 1. The van der Waals surface area contributed by atoms with Crippen LogP contribution in [0.25, 0.3) is 0 Å². The van der Waals surface area contributed by atoms with E-state index in [4.69, 9.17) is 5.73 Å². The van der Waals surface area contributed by atoms with Gasteiger partial charge in [0.1, 0.15) is 9.88 Å². The zero-order valence-corrected chi connectivity index (χ0v) is 13.4. The Bertz CT molecular complexity index is 482. The molecular formula is C13H21N3O2S2. The summed E-state index contributed by atoms with van der Waals surface area (Å²) >= 11 is 2.96. The summed E-state index contributed by atoms with van der Waals surface area (Å²) in [6.45, 7) is 0. The van der Waals surface area contributed by atoms with Crippen molar-refractivity contribution >= 4 is 39.7 Å². The van der Waals surface area contributed by atoms with Crippen molar-refractivity contribution in [2.45, 2.75) is 42.7 Å². The zero-order valence-electron chi connectivity index (χ0n) is 11.7. The lowest BCUT2D eigenvalue weighted by molar-refractivity contribution is 0.0967. The molecule has 0 atom stereocenters. The predicted molar refractivity (Wildman–Crippen MR) is 85.8 cm³/mol. The number of nitrogens with one attached hydrogen (secondary N) is 2. The molecule has 1 fully saturated rings. The van der Waals surface area contributed by atoms with Gasteiger partial charge in [-0.2, -0.15) is 0 Å². The first-order chi connectivity index (χ1) is 9.56. The van der Waals surface area contributed by atoms with E-state index in [0.29, 0.717) is 16.6 Å². The Morgan fingerprint density at radius 2 is 2.05 bits per heavy atom. The maximum Gasteiger partial charge on any atom is 0.263 e. The standard InChI is InChI=1S/C13H21N3O2S2/c1-15-12(18)10-9(14)11(19-2)13(20-10)16-7-3-5-8(17)6-4-7/h7-8,16-17H,3-6,14H2,1-2H3,(H,15,18). The van der Waals surface area contributed by atoms with Crippen LogP contribution in [0.4, 0.5) is 10.7 Å². The fraction of sp³-hybridized carbons (Fsp3) is 0.615. The van der Waals surface area contributed by atoms with Crippen molar-refractivity contribution in [3.63, 3.8) is 0 Å². The van der Waals surface area contributed by atoms with Gasteiger partial charge in [-0.15, -0.1) is 23.1 Å². The summed E-state index contributed by atoms with van der Waals surface area (Å²) in [7, 11) is 1.61. The van der Waals surface area contributed by atoms with E-state index in [0.717, 1.165) is 35.6 Å². The number of thioether (sulfide) groups is 1. The number of amides is 1. The second-order valence-electron chi connectivity index (χ2n) is 4.94. The molecule has 1 heterocycles. The molecule has 5 N–H and O–H groups in total. The van der Waals surface area contributed by atoms with E-state index in [1.165, 1.54) is 11.3 Å². The molecule has 1 aromatic heterocycles. The van der Waals surface area contributed by atoms with Crippen LogP contribution in [0.3, 0.4) is 0 Å². The highest BCUT2D eigenvalue weighted by atomic mass is 32.2. The van der Waals surface area contributed by atoms with Gasteiger partial charge in [0.15, 0.2) is 0 Å². The van der Waals surface area contributed by atoms with Gasteiger partial charge in [0.25, 0.3) is 5.91 Å². The van der Waals surface area contributed by atoms with Crippen LogP contribution in [-0.4, -0.2) is 36.5 Å². The van der Waals surface area contributed by atoms with Crippen molar-refractivity contribution in [1.82, 2.24) is 5.32 Å². The first-order valence-electron chi connectivity index (χ1n) is 6.69. The van der Waals surface area contributed by atoms with Crippen LogP contribution >= 0.6 is 23.1 Å². The molecule has 0 aromatic carbocycles. The van der Waals surface area contributed by atoms with E-state index in [9.17, 15) is 9.90 Å². The summed E-state index contributed by atoms with van der Waals surface area (Å²) in [6.07, 6.45) is 5.35. The molecule has 0 unspecified atom stereocenters. The van der Waals surface area contributed by atoms with E-state index in [2.05, 4.69) is 10.6 Å². The van der Waals surface area contributed by atoms with E-state index < -0.39 is 0 Å². The minimum absolute atomic E-state index is 0.144. The molecule has 5 nitrogen and oxygen atoms in total. The Morgan fingerprint density at radius 1 is 1.40 bits per heavy atom. The molecule has 1 aliphatic carbocycles. The van der Waals surface area contributed by atoms with Crippen LogP contribution < -0.4 is 16.4 Å². The van der Waals surface area contributed by atoms with Crippen molar-refractivity contribution in [2.24, 2.45) is 0 Å². The highest BCUT2D eigenvalue weighted by molar-refractivity contribution is 7.99. The smallest absolute Gasteiger partial charge is 0.263 e. The maximum atomic E-state index is 11.8. The average Bonchev–Trinajstić information content (AvgIpc) is 2.76. The molecule has 0 saturated heterocycles. The molecular weight excluding hydrogens is 294 g/mol. The molecule has 0 aliphatic heterocycles. The SMILES string of the molecule is CNC(=O)c1sc(NC2CCC(O)CC2)c(SC)c1N. The minimum atomic E-state index is -0.164. The van der Waals surface area contributed by atoms with Crippen molar-refractivity contribution in [1.29, 1.82) is 0 Å². The lowest BCUT2D eigenvalue weighted by Gasteiger charge is -2.26. The first-order valence-corrected chi connectivity index (χ1v) is 8.73. The van der Waals surface area contributed by atoms with Gasteiger partial charge in [0.05, 0.1) is 16.7 Å². The van der Waals surface area contributed by atoms with E-state index in [-0.39, 0.29) is 12.0 Å². The topological polar surface area (TPSA) is 87.4 Å². The highest BCUT2D eigenvalue weighted by Gasteiger charge is 2.24. The second kappa shape index (κ2) is 6.69. The summed E-state index contributed by atoms with van der Waals surface area (Å²) in [6, 6.07) is 0.347. The molecule has 1 aliphatic rings. The molecule has 0 radical (unpaired) electrons. The zero-order chi connectivity index (χ0) is 14.7. The van der Waals surface area contributed by atoms with Crippen molar-refractivity contribution in [2.75, 3.05) is 24.4 Å². The van der Waals surface area contributed by atoms with Gasteiger partial charge >= 0.3 is 0 Å². The van der Waals surface area contributed by atoms with E-state index in [1.54, 1.807) is 18.8 Å². The lowest BCUT2D eigenvalue weighted by Crippen LogP contribution is -2.28. The Labute approximate surface area is 127 Å². The lowest BCUT2D eigenvalue weighted by atomic mass is 9.93. The third-order valence-corrected chi connectivity index (χ3v) is 5.67. The molecule has 7 heteroatoms. The van der Waals surface area contributed by atoms with Crippen LogP contribution in [0.15, 0.2) is 4.90 Å². The summed E-state index contributed by atoms with van der Waals surface area (Å²) in [5, 5.41) is 16.6. The summed E-state index contributed by atoms with van der Waals surface area (Å²) < 4.78 is 0. The summed E-state index contributed by atoms with van der Waals surface area (Å²) in [5.74, 6) is -0.144. The molecule has 20 heavy (non-hydrogen) atoms. The molecule has 0 bridgehead atoms. The van der Waals surface area contributed by atoms with Crippen LogP contribution in [0.2, 0.25) is 0 Å². The van der Waals surface area contributed by atoms with Gasteiger partial charge < -0.3 is 21.5 Å². The number of anilines is 2. The number of carbonyl (C=O) groups excluding carboxylic acids is 1. The maximum absolute atomic E-state index is 11.8. The number of hydrogen-bond donors (Lipinski definition) is 4. The number of carbonyl (C=O) groups is 1. The third-order valence-electron chi connectivity index (χ3n) is 3.57. The van der Waals surface area contributed by atoms with Gasteiger partial charge in [-0.05, 0) is 31.9 Å². The van der Waals surface area contributed by atoms with Crippen LogP contribution in [0, 0.1) is 0 Å². The van der Waals surface area contributed by atoms with Gasteiger partial charge in [0.2, 0.25) is 0 Å². The molecule has 0 spiro atoms. The van der Waals surface area contributed by atoms with E-state index in [1.807, 2.05) is 6.26 Å². The quantitative estimate of drug-likeness (QED) is 0.639. The molecule has 1 saturated carbocycles. The van der Waals surface area contributed by atoms with Crippen LogP contribution in [0.5, 0.6) is 0 Å². The first kappa shape index (κ1) is 15.5. The molecule has 1 amide bonds. The fourth-order valence-corrected chi connectivity index (χ4v) is 4.46. The van der Waals surface area contributed by atoms with Crippen LogP contribution in [-0.2, 0) is 0 Å². The summed E-state index contributed by atoms with van der Waals surface area (Å²) in [5.41, 5.74) is 6.62. The third kappa shape index (κ3) is 3.21. The number of nitrogen functional groups attached to an aromatic ring is 1. The Kier molecular flexibility index (Phi) is 5.17. The second-order valence-corrected chi connectivity index (χ2v) is 6.77. The van der Waals surface area contributed by atoms with E-state index >= 15 is 0 Å². The largest absolute Gasteiger partial charge is 0.396 e.